The quantitative estimate of drug-likeness (QED) is 0.271. The van der Waals surface area contributed by atoms with Crippen LogP contribution in [-0.2, 0) is 0 Å². The van der Waals surface area contributed by atoms with Crippen molar-refractivity contribution in [1.82, 2.24) is 0 Å². The highest BCUT2D eigenvalue weighted by molar-refractivity contribution is 6.02. The van der Waals surface area contributed by atoms with Gasteiger partial charge in [0, 0.05) is 17.7 Å². The summed E-state index contributed by atoms with van der Waals surface area (Å²) in [7, 11) is 0. The standard InChI is InChI=1S/C20H15NO3.BrH/c1-11-5-14-7-16-19-12(2)20-18(23-10-24-20)8-13(19)3-4-21(16)9-15(14)17(22)6-11;/h3-9H,10H2,1-2H3;1H. The summed E-state index contributed by atoms with van der Waals surface area (Å²) >= 11 is 0. The molecule has 0 fully saturated rings. The highest BCUT2D eigenvalue weighted by Crippen LogP contribution is 2.41. The van der Waals surface area contributed by atoms with Gasteiger partial charge in [0.25, 0.3) is 0 Å². The minimum atomic E-state index is 0. The second kappa shape index (κ2) is 5.49. The molecule has 3 heterocycles. The molecule has 0 saturated heterocycles. The van der Waals surface area contributed by atoms with Crippen molar-refractivity contribution in [2.24, 2.45) is 0 Å². The Labute approximate surface area is 155 Å². The number of phenolic OH excluding ortho intramolecular Hbond substituents is 1. The molecular formula is C20H16BrNO3. The third-order valence-electron chi connectivity index (χ3n) is 4.78. The zero-order valence-electron chi connectivity index (χ0n) is 13.8. The Morgan fingerprint density at radius 3 is 2.72 bits per heavy atom. The number of halogens is 1. The number of aromatic hydroxyl groups is 1. The number of hydrogen-bond donors (Lipinski definition) is 1. The Bertz CT molecular complexity index is 1170. The number of rotatable bonds is 0. The molecule has 0 spiro atoms. The minimum Gasteiger partial charge on any atom is -1.00 e. The van der Waals surface area contributed by atoms with Gasteiger partial charge in [-0.05, 0) is 42.3 Å². The molecule has 1 N–H and O–H groups in total. The van der Waals surface area contributed by atoms with Crippen molar-refractivity contribution in [1.29, 1.82) is 0 Å². The molecule has 0 atom stereocenters. The van der Waals surface area contributed by atoms with Crippen molar-refractivity contribution in [2.45, 2.75) is 13.8 Å². The van der Waals surface area contributed by atoms with Crippen molar-refractivity contribution in [2.75, 3.05) is 6.79 Å². The van der Waals surface area contributed by atoms with Gasteiger partial charge < -0.3 is 31.6 Å². The topological polar surface area (TPSA) is 42.8 Å². The molecule has 5 heteroatoms. The van der Waals surface area contributed by atoms with Gasteiger partial charge in [-0.15, -0.1) is 0 Å². The van der Waals surface area contributed by atoms with Crippen LogP contribution in [0.1, 0.15) is 11.1 Å². The third kappa shape index (κ3) is 2.23. The van der Waals surface area contributed by atoms with E-state index in [1.54, 1.807) is 6.07 Å². The van der Waals surface area contributed by atoms with Gasteiger partial charge in [0.15, 0.2) is 23.9 Å². The van der Waals surface area contributed by atoms with Crippen LogP contribution in [0.25, 0.3) is 27.1 Å². The van der Waals surface area contributed by atoms with E-state index in [-0.39, 0.29) is 23.8 Å². The van der Waals surface area contributed by atoms with E-state index in [9.17, 15) is 5.11 Å². The van der Waals surface area contributed by atoms with Crippen LogP contribution in [0.4, 0.5) is 0 Å². The van der Waals surface area contributed by atoms with Crippen molar-refractivity contribution in [3.63, 3.8) is 0 Å². The van der Waals surface area contributed by atoms with E-state index in [1.807, 2.05) is 25.4 Å². The van der Waals surface area contributed by atoms with E-state index in [0.717, 1.165) is 49.7 Å². The first kappa shape index (κ1) is 16.0. The average molecular weight is 398 g/mol. The highest BCUT2D eigenvalue weighted by Gasteiger charge is 2.22. The SMILES string of the molecule is Cc1cc(O)c2c[n+]3ccc4cc5c(c(C)c4c3cc2c1)OCO5.[Br-]. The average Bonchev–Trinajstić information content (AvgIpc) is 3.02. The molecule has 0 bridgehead atoms. The molecule has 2 aromatic heterocycles. The lowest BCUT2D eigenvalue weighted by atomic mass is 10.0. The maximum Gasteiger partial charge on any atom is 0.231 e. The first-order chi connectivity index (χ1) is 11.6. The number of ether oxygens (including phenoxy) is 2. The lowest BCUT2D eigenvalue weighted by Crippen LogP contribution is -3.00. The Morgan fingerprint density at radius 1 is 1.04 bits per heavy atom. The van der Waals surface area contributed by atoms with Crippen LogP contribution in [0, 0.1) is 13.8 Å². The van der Waals surface area contributed by atoms with Crippen LogP contribution in [0.3, 0.4) is 0 Å². The van der Waals surface area contributed by atoms with E-state index in [4.69, 9.17) is 9.47 Å². The largest absolute Gasteiger partial charge is 1.00 e. The lowest BCUT2D eigenvalue weighted by Gasteiger charge is -2.08. The number of hydrogen-bond acceptors (Lipinski definition) is 3. The van der Waals surface area contributed by atoms with Crippen LogP contribution >= 0.6 is 0 Å². The van der Waals surface area contributed by atoms with Gasteiger partial charge >= 0.3 is 0 Å². The third-order valence-corrected chi connectivity index (χ3v) is 4.78. The fourth-order valence-electron chi connectivity index (χ4n) is 3.69. The van der Waals surface area contributed by atoms with Gasteiger partial charge in [0.05, 0.1) is 10.8 Å². The summed E-state index contributed by atoms with van der Waals surface area (Å²) in [6.07, 6.45) is 3.99. The molecule has 126 valence electrons. The Hall–Kier alpha value is -2.53. The molecule has 4 aromatic rings. The fourth-order valence-corrected chi connectivity index (χ4v) is 3.69. The molecule has 0 amide bonds. The van der Waals surface area contributed by atoms with E-state index in [2.05, 4.69) is 29.5 Å². The molecule has 2 aromatic carbocycles. The van der Waals surface area contributed by atoms with Crippen LogP contribution in [0.5, 0.6) is 17.2 Å². The summed E-state index contributed by atoms with van der Waals surface area (Å²) in [6, 6.07) is 10.1. The van der Waals surface area contributed by atoms with E-state index in [1.165, 1.54) is 0 Å². The second-order valence-electron chi connectivity index (χ2n) is 6.37. The van der Waals surface area contributed by atoms with Gasteiger partial charge in [-0.2, -0.15) is 4.40 Å². The van der Waals surface area contributed by atoms with Crippen LogP contribution in [-0.4, -0.2) is 11.9 Å². The maximum atomic E-state index is 10.3. The van der Waals surface area contributed by atoms with Crippen molar-refractivity contribution >= 4 is 27.1 Å². The summed E-state index contributed by atoms with van der Waals surface area (Å²) in [5, 5.41) is 14.4. The monoisotopic (exact) mass is 397 g/mol. The molecule has 1 aliphatic rings. The fraction of sp³-hybridized carbons (Fsp3) is 0.150. The van der Waals surface area contributed by atoms with Gasteiger partial charge in [-0.25, -0.2) is 0 Å². The summed E-state index contributed by atoms with van der Waals surface area (Å²) in [5.41, 5.74) is 3.20. The molecule has 0 aliphatic carbocycles. The molecule has 4 nitrogen and oxygen atoms in total. The summed E-state index contributed by atoms with van der Waals surface area (Å²) in [5.74, 6) is 1.93. The number of nitrogens with zero attached hydrogens (tertiary/aromatic N) is 1. The number of aryl methyl sites for hydroxylation is 2. The Balaban J connectivity index is 0.00000157. The summed E-state index contributed by atoms with van der Waals surface area (Å²) < 4.78 is 13.2. The number of benzene rings is 2. The normalized spacial score (nSPS) is 12.7. The van der Waals surface area contributed by atoms with Crippen molar-refractivity contribution < 1.29 is 36.0 Å². The minimum absolute atomic E-state index is 0. The van der Waals surface area contributed by atoms with E-state index in [0.29, 0.717) is 5.75 Å². The first-order valence-electron chi connectivity index (χ1n) is 7.92. The number of fused-ring (bicyclic) bond motifs is 5. The summed E-state index contributed by atoms with van der Waals surface area (Å²) in [4.78, 5) is 0. The molecule has 0 saturated carbocycles. The van der Waals surface area contributed by atoms with Crippen LogP contribution in [0.15, 0.2) is 42.7 Å². The summed E-state index contributed by atoms with van der Waals surface area (Å²) in [6.45, 7) is 4.32. The lowest BCUT2D eigenvalue weighted by molar-refractivity contribution is -0.509. The maximum absolute atomic E-state index is 10.3. The van der Waals surface area contributed by atoms with E-state index < -0.39 is 0 Å². The smallest absolute Gasteiger partial charge is 0.231 e. The van der Waals surface area contributed by atoms with Crippen molar-refractivity contribution in [3.05, 3.63) is 53.9 Å². The number of aromatic nitrogens is 1. The molecule has 25 heavy (non-hydrogen) atoms. The predicted molar refractivity (Wildman–Crippen MR) is 91.9 cm³/mol. The number of pyridine rings is 2. The molecule has 1 aliphatic heterocycles. The number of phenols is 1. The predicted octanol–water partition coefficient (Wildman–Crippen LogP) is 0.787. The van der Waals surface area contributed by atoms with Gasteiger partial charge in [0.2, 0.25) is 12.3 Å². The molecular weight excluding hydrogens is 382 g/mol. The zero-order valence-corrected chi connectivity index (χ0v) is 15.4. The zero-order chi connectivity index (χ0) is 16.4. The Kier molecular flexibility index (Phi) is 3.51. The van der Waals surface area contributed by atoms with Gasteiger partial charge in [-0.1, -0.05) is 6.07 Å². The Morgan fingerprint density at radius 2 is 1.88 bits per heavy atom. The molecule has 0 unspecified atom stereocenters. The van der Waals surface area contributed by atoms with Crippen molar-refractivity contribution in [3.8, 4) is 17.2 Å². The second-order valence-corrected chi connectivity index (χ2v) is 6.37. The van der Waals surface area contributed by atoms with E-state index >= 15 is 0 Å². The van der Waals surface area contributed by atoms with Gasteiger partial charge in [0.1, 0.15) is 5.75 Å². The molecule has 5 rings (SSSR count). The van der Waals surface area contributed by atoms with Crippen LogP contribution < -0.4 is 30.9 Å². The highest BCUT2D eigenvalue weighted by atomic mass is 79.9. The van der Waals surface area contributed by atoms with Gasteiger partial charge in [-0.3, -0.25) is 0 Å². The van der Waals surface area contributed by atoms with Crippen LogP contribution in [0.2, 0.25) is 0 Å². The molecule has 0 radical (unpaired) electrons. The first-order valence-corrected chi connectivity index (χ1v) is 7.92.